The molecule has 0 fully saturated rings. The van der Waals surface area contributed by atoms with E-state index in [1.54, 1.807) is 0 Å². The van der Waals surface area contributed by atoms with E-state index >= 15 is 0 Å². The summed E-state index contributed by atoms with van der Waals surface area (Å²) in [6.45, 7) is 22.5. The molecular weight excluding hydrogens is 1040 g/mol. The average Bonchev–Trinajstić information content (AvgIpc) is 1.49. The van der Waals surface area contributed by atoms with Crippen molar-refractivity contribution in [1.82, 2.24) is 0 Å². The Bertz CT molecular complexity index is 4810. The van der Waals surface area contributed by atoms with Gasteiger partial charge in [0.05, 0.1) is 33.6 Å². The second-order valence-electron chi connectivity index (χ2n) is 26.4. The van der Waals surface area contributed by atoms with E-state index in [-0.39, 0.29) is 10.8 Å². The van der Waals surface area contributed by atoms with Gasteiger partial charge in [0.2, 0.25) is 0 Å². The van der Waals surface area contributed by atoms with Crippen LogP contribution in [0.4, 0.5) is 34.1 Å². The van der Waals surface area contributed by atoms with Crippen LogP contribution in [0.5, 0.6) is 0 Å². The molecule has 1 spiro atoms. The number of para-hydroxylation sites is 1. The first-order valence-corrected chi connectivity index (χ1v) is 30.5. The number of hydrogen-bond acceptors (Lipinski definition) is 3. The summed E-state index contributed by atoms with van der Waals surface area (Å²) in [6.07, 6.45) is 0. The maximum absolute atomic E-state index is 7.66. The van der Waals surface area contributed by atoms with Gasteiger partial charge < -0.3 is 14.2 Å². The van der Waals surface area contributed by atoms with Crippen LogP contribution in [0.25, 0.3) is 77.2 Å². The smallest absolute Gasteiger partial charge is 0.145 e. The minimum Gasteiger partial charge on any atom is -0.455 e. The van der Waals surface area contributed by atoms with Crippen molar-refractivity contribution in [3.8, 4) is 44.5 Å². The summed E-state index contributed by atoms with van der Waals surface area (Å²) in [6, 6.07) is 92.2. The minimum absolute atomic E-state index is 0.0318. The van der Waals surface area contributed by atoms with E-state index in [0.29, 0.717) is 0 Å². The zero-order valence-electron chi connectivity index (χ0n) is 50.9. The highest BCUT2D eigenvalue weighted by atomic mass is 16.3. The van der Waals surface area contributed by atoms with Crippen molar-refractivity contribution in [3.05, 3.63) is 298 Å². The summed E-state index contributed by atoms with van der Waals surface area (Å²) in [5.74, 6) is 0. The van der Waals surface area contributed by atoms with Gasteiger partial charge in [0, 0.05) is 38.8 Å². The van der Waals surface area contributed by atoms with Crippen LogP contribution in [0, 0.1) is 27.7 Å². The number of aryl methyl sites for hydroxylation is 4. The van der Waals surface area contributed by atoms with Gasteiger partial charge in [-0.3, -0.25) is 0 Å². The third-order valence-electron chi connectivity index (χ3n) is 18.6. The Morgan fingerprint density at radius 1 is 0.326 bits per heavy atom. The molecule has 2 aliphatic carbocycles. The molecule has 3 nitrogen and oxygen atoms in total. The second kappa shape index (κ2) is 19.7. The number of hydrogen-bond donors (Lipinski definition) is 0. The molecule has 13 aromatic rings. The predicted octanol–water partition coefficient (Wildman–Crippen LogP) is 23.2. The lowest BCUT2D eigenvalue weighted by molar-refractivity contribution is 0.590. The summed E-state index contributed by atoms with van der Waals surface area (Å²) in [5, 5.41) is 4.47. The number of rotatable bonds is 8. The quantitative estimate of drug-likeness (QED) is 0.151. The lowest BCUT2D eigenvalue weighted by Crippen LogP contribution is -2.27. The highest BCUT2D eigenvalue weighted by Crippen LogP contribution is 2.68. The van der Waals surface area contributed by atoms with Crippen molar-refractivity contribution in [2.24, 2.45) is 0 Å². The molecular formula is C83H70N2O. The summed E-state index contributed by atoms with van der Waals surface area (Å²) >= 11 is 0. The van der Waals surface area contributed by atoms with Gasteiger partial charge in [-0.1, -0.05) is 240 Å². The zero-order valence-corrected chi connectivity index (χ0v) is 50.9. The SMILES string of the molecule is Cc1ccc(-c2cc(C)ccc2N(c2ccc(C(C)(C)C)cc2)c2cc3c(c4ccccc24)-c2c(cc(N(c4ccc(C(C)(C)C)cc4)c4ccc(C)cc4-c4ccc(C)cc4)c4c2oc2ccccc24)C32c3ccccc3-c3ccccc32)cc1. The summed E-state index contributed by atoms with van der Waals surface area (Å²) in [5.41, 5.74) is 29.3. The van der Waals surface area contributed by atoms with E-state index in [4.69, 9.17) is 4.42 Å². The van der Waals surface area contributed by atoms with E-state index in [2.05, 4.69) is 322 Å². The van der Waals surface area contributed by atoms with Gasteiger partial charge in [0.15, 0.2) is 0 Å². The predicted molar refractivity (Wildman–Crippen MR) is 364 cm³/mol. The number of benzene rings is 12. The molecule has 0 atom stereocenters. The molecule has 0 N–H and O–H groups in total. The molecule has 0 radical (unpaired) electrons. The molecule has 0 saturated heterocycles. The van der Waals surface area contributed by atoms with Crippen LogP contribution in [-0.4, -0.2) is 0 Å². The maximum atomic E-state index is 7.66. The second-order valence-corrected chi connectivity index (χ2v) is 26.4. The van der Waals surface area contributed by atoms with Crippen molar-refractivity contribution in [2.45, 2.75) is 85.5 Å². The molecule has 15 rings (SSSR count). The first-order chi connectivity index (χ1) is 41.6. The van der Waals surface area contributed by atoms with Crippen LogP contribution in [0.3, 0.4) is 0 Å². The Labute approximate surface area is 506 Å². The van der Waals surface area contributed by atoms with Crippen molar-refractivity contribution in [2.75, 3.05) is 9.80 Å². The van der Waals surface area contributed by atoms with Crippen molar-refractivity contribution in [3.63, 3.8) is 0 Å². The summed E-state index contributed by atoms with van der Waals surface area (Å²) < 4.78 is 7.66. The molecule has 0 bridgehead atoms. The summed E-state index contributed by atoms with van der Waals surface area (Å²) in [4.78, 5) is 5.11. The molecule has 0 aliphatic heterocycles. The Morgan fingerprint density at radius 3 is 1.26 bits per heavy atom. The van der Waals surface area contributed by atoms with E-state index < -0.39 is 5.41 Å². The minimum atomic E-state index is -0.803. The number of nitrogens with zero attached hydrogens (tertiary/aromatic N) is 2. The van der Waals surface area contributed by atoms with Crippen LogP contribution in [0.1, 0.15) is 97.2 Å². The zero-order chi connectivity index (χ0) is 59.0. The van der Waals surface area contributed by atoms with E-state index in [1.165, 1.54) is 94.4 Å². The highest BCUT2D eigenvalue weighted by molar-refractivity contribution is 6.23. The maximum Gasteiger partial charge on any atom is 0.145 e. The van der Waals surface area contributed by atoms with Gasteiger partial charge in [0.25, 0.3) is 0 Å². The Morgan fingerprint density at radius 2 is 0.744 bits per heavy atom. The largest absolute Gasteiger partial charge is 0.455 e. The van der Waals surface area contributed by atoms with Crippen molar-refractivity contribution in [1.29, 1.82) is 0 Å². The average molecular weight is 1110 g/mol. The van der Waals surface area contributed by atoms with Crippen LogP contribution < -0.4 is 9.80 Å². The molecule has 12 aromatic carbocycles. The summed E-state index contributed by atoms with van der Waals surface area (Å²) in [7, 11) is 0. The fourth-order valence-electron chi connectivity index (χ4n) is 14.3. The van der Waals surface area contributed by atoms with Gasteiger partial charge in [-0.15, -0.1) is 0 Å². The molecule has 86 heavy (non-hydrogen) atoms. The number of furan rings is 1. The van der Waals surface area contributed by atoms with Crippen LogP contribution in [0.15, 0.2) is 247 Å². The lowest BCUT2D eigenvalue weighted by atomic mass is 9.70. The normalized spacial score (nSPS) is 13.1. The number of fused-ring (bicyclic) bond motifs is 16. The third-order valence-corrected chi connectivity index (χ3v) is 18.6. The molecule has 1 heterocycles. The molecule has 0 unspecified atom stereocenters. The monoisotopic (exact) mass is 1110 g/mol. The van der Waals surface area contributed by atoms with Gasteiger partial charge in [-0.2, -0.15) is 0 Å². The molecule has 2 aliphatic rings. The molecule has 1 aromatic heterocycles. The van der Waals surface area contributed by atoms with Gasteiger partial charge >= 0.3 is 0 Å². The Kier molecular flexibility index (Phi) is 12.1. The highest BCUT2D eigenvalue weighted by Gasteiger charge is 2.54. The number of anilines is 6. The van der Waals surface area contributed by atoms with E-state index in [9.17, 15) is 0 Å². The van der Waals surface area contributed by atoms with Gasteiger partial charge in [-0.05, 0) is 172 Å². The lowest BCUT2D eigenvalue weighted by Gasteiger charge is -2.35. The van der Waals surface area contributed by atoms with E-state index in [0.717, 1.165) is 72.6 Å². The van der Waals surface area contributed by atoms with Crippen molar-refractivity contribution < 1.29 is 4.42 Å². The van der Waals surface area contributed by atoms with Crippen LogP contribution in [-0.2, 0) is 16.2 Å². The molecule has 418 valence electrons. The van der Waals surface area contributed by atoms with Crippen LogP contribution >= 0.6 is 0 Å². The fourth-order valence-corrected chi connectivity index (χ4v) is 14.3. The fraction of sp³-hybridized carbons (Fsp3) is 0.157. The van der Waals surface area contributed by atoms with Gasteiger partial charge in [-0.25, -0.2) is 0 Å². The first kappa shape index (κ1) is 53.1. The topological polar surface area (TPSA) is 19.6 Å². The molecule has 0 saturated carbocycles. The van der Waals surface area contributed by atoms with Crippen molar-refractivity contribution >= 4 is 66.8 Å². The van der Waals surface area contributed by atoms with Gasteiger partial charge in [0.1, 0.15) is 11.2 Å². The third kappa shape index (κ3) is 8.23. The molecule has 0 amide bonds. The Balaban J connectivity index is 1.11. The first-order valence-electron chi connectivity index (χ1n) is 30.5. The molecule has 3 heteroatoms. The van der Waals surface area contributed by atoms with Crippen LogP contribution in [0.2, 0.25) is 0 Å². The standard InChI is InChI=1S/C83H70N2O/c1-51-27-33-55(34-28-51)66-47-53(3)31-45-72(66)84(59-41-37-57(38-42-59)81(5,6)7)74-49-70-77(64-22-12-11-21-63(64)74)79-71(83(70)68-24-16-13-19-61(68)62-20-14-17-25-69(62)83)50-75(78-65-23-15-18-26-76(65)86-80(78)79)85(60-43-39-58(40-44-60)82(8,9)10)73-46-32-54(4)48-67(73)56-35-29-52(2)30-36-56/h11-50H,1-10H3. The Hall–Kier alpha value is -9.70. The van der Waals surface area contributed by atoms with E-state index in [1.807, 2.05) is 0 Å².